The van der Waals surface area contributed by atoms with Crippen LogP contribution in [0.15, 0.2) is 71.6 Å². The molecule has 0 saturated heterocycles. The first-order valence-electron chi connectivity index (χ1n) is 13.1. The quantitative estimate of drug-likeness (QED) is 0.302. The van der Waals surface area contributed by atoms with Crippen molar-refractivity contribution in [2.75, 3.05) is 31.6 Å². The zero-order valence-corrected chi connectivity index (χ0v) is 25.5. The van der Waals surface area contributed by atoms with Gasteiger partial charge in [-0.25, -0.2) is 8.42 Å². The molecule has 3 rings (SSSR count). The largest absolute Gasteiger partial charge is 0.497 e. The van der Waals surface area contributed by atoms with E-state index >= 15 is 0 Å². The van der Waals surface area contributed by atoms with E-state index in [-0.39, 0.29) is 28.1 Å². The Morgan fingerprint density at radius 2 is 1.71 bits per heavy atom. The minimum Gasteiger partial charge on any atom is -0.497 e. The lowest BCUT2D eigenvalue weighted by molar-refractivity contribution is -0.139. The van der Waals surface area contributed by atoms with Crippen LogP contribution in [-0.2, 0) is 26.2 Å². The van der Waals surface area contributed by atoms with Crippen LogP contribution in [0.3, 0.4) is 0 Å². The molecule has 0 saturated carbocycles. The number of aryl methyl sites for hydroxylation is 1. The topological polar surface area (TPSA) is 105 Å². The zero-order chi connectivity index (χ0) is 30.2. The fraction of sp³-hybridized carbons (Fsp3) is 0.333. The Kier molecular flexibility index (Phi) is 11.0. The minimum atomic E-state index is -4.21. The molecule has 0 aliphatic heterocycles. The van der Waals surface area contributed by atoms with Crippen LogP contribution in [0.4, 0.5) is 5.69 Å². The molecule has 1 atom stereocenters. The van der Waals surface area contributed by atoms with Gasteiger partial charge in [-0.05, 0) is 68.3 Å². The van der Waals surface area contributed by atoms with Crippen LogP contribution in [0.5, 0.6) is 11.5 Å². The molecule has 1 N–H and O–H groups in total. The van der Waals surface area contributed by atoms with Gasteiger partial charge < -0.3 is 19.7 Å². The first-order chi connectivity index (χ1) is 19.5. The van der Waals surface area contributed by atoms with Crippen molar-refractivity contribution in [3.63, 3.8) is 0 Å². The van der Waals surface area contributed by atoms with Crippen molar-refractivity contribution in [1.29, 1.82) is 0 Å². The summed E-state index contributed by atoms with van der Waals surface area (Å²) in [5, 5.41) is 3.00. The number of rotatable bonds is 13. The summed E-state index contributed by atoms with van der Waals surface area (Å²) < 4.78 is 39.4. The van der Waals surface area contributed by atoms with Crippen molar-refractivity contribution in [2.24, 2.45) is 0 Å². The van der Waals surface area contributed by atoms with Gasteiger partial charge in [-0.3, -0.25) is 13.9 Å². The molecule has 220 valence electrons. The Bertz CT molecular complexity index is 1460. The average molecular weight is 602 g/mol. The fourth-order valence-corrected chi connectivity index (χ4v) is 5.78. The highest BCUT2D eigenvalue weighted by Gasteiger charge is 2.33. The maximum atomic E-state index is 14.0. The summed E-state index contributed by atoms with van der Waals surface area (Å²) in [4.78, 5) is 28.4. The molecule has 41 heavy (non-hydrogen) atoms. The zero-order valence-electron chi connectivity index (χ0n) is 23.9. The van der Waals surface area contributed by atoms with Crippen LogP contribution in [0.2, 0.25) is 5.02 Å². The van der Waals surface area contributed by atoms with Crippen LogP contribution in [0.25, 0.3) is 0 Å². The van der Waals surface area contributed by atoms with Gasteiger partial charge in [0, 0.05) is 13.1 Å². The maximum Gasteiger partial charge on any atom is 0.264 e. The highest BCUT2D eigenvalue weighted by molar-refractivity contribution is 7.92. The number of halogens is 1. The first kappa shape index (κ1) is 31.8. The van der Waals surface area contributed by atoms with Gasteiger partial charge in [-0.1, -0.05) is 48.4 Å². The molecule has 9 nitrogen and oxygen atoms in total. The van der Waals surface area contributed by atoms with Crippen LogP contribution in [0, 0.1) is 6.92 Å². The van der Waals surface area contributed by atoms with Gasteiger partial charge in [0.1, 0.15) is 24.1 Å². The number of anilines is 1. The minimum absolute atomic E-state index is 0.0101. The Hall–Kier alpha value is -3.76. The van der Waals surface area contributed by atoms with Crippen molar-refractivity contribution in [3.8, 4) is 11.5 Å². The monoisotopic (exact) mass is 601 g/mol. The van der Waals surface area contributed by atoms with Crippen molar-refractivity contribution >= 4 is 39.1 Å². The van der Waals surface area contributed by atoms with E-state index in [0.717, 1.165) is 16.3 Å². The number of nitrogens with zero attached hydrogens (tertiary/aromatic N) is 2. The molecule has 3 aromatic carbocycles. The van der Waals surface area contributed by atoms with Crippen LogP contribution < -0.4 is 19.1 Å². The third kappa shape index (κ3) is 7.92. The summed E-state index contributed by atoms with van der Waals surface area (Å²) in [7, 11) is -1.22. The SMILES string of the molecule is CCCNC(=O)[C@H](C)N(Cc1cccc(OC)c1)C(=O)CN(c1ccc(OC)c(Cl)c1)S(=O)(=O)c1ccc(C)cc1. The van der Waals surface area contributed by atoms with E-state index < -0.39 is 28.5 Å². The molecule has 2 amide bonds. The number of sulfonamides is 1. The summed E-state index contributed by atoms with van der Waals surface area (Å²) in [6.45, 7) is 5.32. The number of carbonyl (C=O) groups is 2. The molecule has 0 fully saturated rings. The second kappa shape index (κ2) is 14.2. The average Bonchev–Trinajstić information content (AvgIpc) is 2.97. The predicted octanol–water partition coefficient (Wildman–Crippen LogP) is 4.80. The Morgan fingerprint density at radius 3 is 2.32 bits per heavy atom. The van der Waals surface area contributed by atoms with Gasteiger partial charge in [0.15, 0.2) is 0 Å². The predicted molar refractivity (Wildman–Crippen MR) is 160 cm³/mol. The van der Waals surface area contributed by atoms with E-state index in [0.29, 0.717) is 23.6 Å². The van der Waals surface area contributed by atoms with Gasteiger partial charge in [-0.2, -0.15) is 0 Å². The number of methoxy groups -OCH3 is 2. The molecule has 11 heteroatoms. The number of hydrogen-bond donors (Lipinski definition) is 1. The number of amides is 2. The highest BCUT2D eigenvalue weighted by atomic mass is 35.5. The third-order valence-electron chi connectivity index (χ3n) is 6.51. The van der Waals surface area contributed by atoms with Crippen molar-refractivity contribution < 1.29 is 27.5 Å². The molecule has 0 spiro atoms. The Morgan fingerprint density at radius 1 is 1.00 bits per heavy atom. The first-order valence-corrected chi connectivity index (χ1v) is 15.0. The van der Waals surface area contributed by atoms with Crippen LogP contribution >= 0.6 is 11.6 Å². The smallest absolute Gasteiger partial charge is 0.264 e. The summed E-state index contributed by atoms with van der Waals surface area (Å²) >= 11 is 6.36. The Labute approximate surface area is 247 Å². The molecule has 0 aromatic heterocycles. The third-order valence-corrected chi connectivity index (χ3v) is 8.60. The van der Waals surface area contributed by atoms with Gasteiger partial charge in [0.25, 0.3) is 10.0 Å². The summed E-state index contributed by atoms with van der Waals surface area (Å²) in [5.41, 5.74) is 1.78. The number of benzene rings is 3. The molecule has 0 radical (unpaired) electrons. The van der Waals surface area contributed by atoms with E-state index in [1.54, 1.807) is 37.3 Å². The van der Waals surface area contributed by atoms with Crippen LogP contribution in [0.1, 0.15) is 31.4 Å². The number of carbonyl (C=O) groups excluding carboxylic acids is 2. The lowest BCUT2D eigenvalue weighted by Gasteiger charge is -2.32. The van der Waals surface area contributed by atoms with Gasteiger partial charge in [0.2, 0.25) is 11.8 Å². The molecule has 3 aromatic rings. The van der Waals surface area contributed by atoms with Crippen LogP contribution in [-0.4, -0.2) is 58.5 Å². The summed E-state index contributed by atoms with van der Waals surface area (Å²) in [6, 6.07) is 17.1. The van der Waals surface area contributed by atoms with Crippen molar-refractivity contribution in [1.82, 2.24) is 10.2 Å². The van der Waals surface area contributed by atoms with E-state index in [9.17, 15) is 18.0 Å². The Balaban J connectivity index is 2.06. The fourth-order valence-electron chi connectivity index (χ4n) is 4.12. The van der Waals surface area contributed by atoms with Crippen molar-refractivity contribution in [2.45, 2.75) is 44.7 Å². The number of hydrogen-bond acceptors (Lipinski definition) is 6. The van der Waals surface area contributed by atoms with Gasteiger partial charge in [-0.15, -0.1) is 0 Å². The lowest BCUT2D eigenvalue weighted by Crippen LogP contribution is -2.51. The summed E-state index contributed by atoms with van der Waals surface area (Å²) in [6.07, 6.45) is 0.725. The number of nitrogens with one attached hydrogen (secondary N) is 1. The van der Waals surface area contributed by atoms with E-state index in [2.05, 4.69) is 5.32 Å². The van der Waals surface area contributed by atoms with Gasteiger partial charge in [0.05, 0.1) is 29.8 Å². The standard InChI is InChI=1S/C30H36ClN3O6S/c1-6-16-32-30(36)22(3)33(19-23-8-7-9-25(17-23)39-4)29(35)20-34(24-12-15-28(40-5)27(31)18-24)41(37,38)26-13-10-21(2)11-14-26/h7-15,17-18,22H,6,16,19-20H2,1-5H3,(H,32,36)/t22-/m0/s1. The second-order valence-electron chi connectivity index (χ2n) is 9.48. The van der Waals surface area contributed by atoms with E-state index in [1.165, 1.54) is 49.5 Å². The van der Waals surface area contributed by atoms with Crippen molar-refractivity contribution in [3.05, 3.63) is 82.9 Å². The summed E-state index contributed by atoms with van der Waals surface area (Å²) in [5.74, 6) is 0.0304. The number of ether oxygens (including phenoxy) is 2. The molecule has 0 aliphatic rings. The molecular weight excluding hydrogens is 566 g/mol. The molecule has 0 aliphatic carbocycles. The second-order valence-corrected chi connectivity index (χ2v) is 11.8. The van der Waals surface area contributed by atoms with Gasteiger partial charge >= 0.3 is 0 Å². The highest BCUT2D eigenvalue weighted by Crippen LogP contribution is 2.32. The molecular formula is C30H36ClN3O6S. The van der Waals surface area contributed by atoms with E-state index in [1.807, 2.05) is 19.9 Å². The lowest BCUT2D eigenvalue weighted by atomic mass is 10.1. The maximum absolute atomic E-state index is 14.0. The molecule has 0 unspecified atom stereocenters. The van der Waals surface area contributed by atoms with E-state index in [4.69, 9.17) is 21.1 Å². The normalized spacial score (nSPS) is 11.9. The molecule has 0 bridgehead atoms. The molecule has 0 heterocycles.